The molecule has 154 valence electrons. The minimum atomic E-state index is -0.342. The molecule has 4 aliphatic heterocycles. The predicted octanol–water partition coefficient (Wildman–Crippen LogP) is 3.87. The summed E-state index contributed by atoms with van der Waals surface area (Å²) in [6, 6.07) is 15.6. The highest BCUT2D eigenvalue weighted by molar-refractivity contribution is 5.73. The summed E-state index contributed by atoms with van der Waals surface area (Å²) in [5.74, 6) is 1.24. The monoisotopic (exact) mass is 403 g/mol. The molecule has 0 aromatic heterocycles. The van der Waals surface area contributed by atoms with E-state index in [1.807, 2.05) is 42.5 Å². The molecule has 0 spiro atoms. The molecule has 2 aromatic carbocycles. The van der Waals surface area contributed by atoms with Crippen LogP contribution >= 0.6 is 0 Å². The second-order valence-corrected chi connectivity index (χ2v) is 8.33. The zero-order chi connectivity index (χ0) is 20.5. The third-order valence-electron chi connectivity index (χ3n) is 6.56. The number of carbonyl (C=O) groups excluding carboxylic acids is 1. The van der Waals surface area contributed by atoms with E-state index in [-0.39, 0.29) is 18.2 Å². The fourth-order valence-electron chi connectivity index (χ4n) is 4.90. The molecule has 2 atom stereocenters. The Hall–Kier alpha value is -3.04. The highest BCUT2D eigenvalue weighted by Crippen LogP contribution is 2.37. The van der Waals surface area contributed by atoms with Gasteiger partial charge in [0.2, 0.25) is 0 Å². The smallest absolute Gasteiger partial charge is 0.407 e. The van der Waals surface area contributed by atoms with Crippen LogP contribution in [-0.2, 0) is 4.74 Å². The van der Waals surface area contributed by atoms with Gasteiger partial charge in [0.05, 0.1) is 24.3 Å². The number of nitriles is 1. The van der Waals surface area contributed by atoms with E-state index in [0.717, 1.165) is 54.9 Å². The van der Waals surface area contributed by atoms with Crippen molar-refractivity contribution in [1.82, 2.24) is 10.2 Å². The second kappa shape index (κ2) is 8.00. The number of piperidine rings is 3. The zero-order valence-corrected chi connectivity index (χ0v) is 16.8. The van der Waals surface area contributed by atoms with Crippen LogP contribution in [0.4, 0.5) is 4.79 Å². The van der Waals surface area contributed by atoms with Crippen molar-refractivity contribution in [2.24, 2.45) is 5.92 Å². The molecule has 3 fully saturated rings. The Kier molecular flexibility index (Phi) is 5.06. The van der Waals surface area contributed by atoms with Crippen molar-refractivity contribution in [1.29, 1.82) is 5.26 Å². The SMILES string of the molecule is N#Cc1ccccc1-c1ccc2c(c1)OCCC2NC(=O)O[C@@H]1CN2CCC1CC2. The van der Waals surface area contributed by atoms with E-state index in [4.69, 9.17) is 9.47 Å². The molecule has 4 heterocycles. The summed E-state index contributed by atoms with van der Waals surface area (Å²) >= 11 is 0. The van der Waals surface area contributed by atoms with Crippen molar-refractivity contribution < 1.29 is 14.3 Å². The van der Waals surface area contributed by atoms with Gasteiger partial charge < -0.3 is 14.8 Å². The largest absolute Gasteiger partial charge is 0.493 e. The lowest BCUT2D eigenvalue weighted by Crippen LogP contribution is -2.52. The van der Waals surface area contributed by atoms with Crippen LogP contribution in [0.3, 0.4) is 0 Å². The van der Waals surface area contributed by atoms with Crippen LogP contribution in [0, 0.1) is 17.2 Å². The summed E-state index contributed by atoms with van der Waals surface area (Å²) in [6.45, 7) is 3.62. The van der Waals surface area contributed by atoms with E-state index in [9.17, 15) is 10.1 Å². The molecule has 0 radical (unpaired) electrons. The van der Waals surface area contributed by atoms with Gasteiger partial charge in [-0.15, -0.1) is 0 Å². The minimum Gasteiger partial charge on any atom is -0.493 e. The molecule has 2 bridgehead atoms. The van der Waals surface area contributed by atoms with Crippen LogP contribution in [0.1, 0.15) is 36.4 Å². The van der Waals surface area contributed by atoms with Crippen molar-refractivity contribution >= 4 is 6.09 Å². The van der Waals surface area contributed by atoms with Crippen LogP contribution in [0.15, 0.2) is 42.5 Å². The number of nitrogens with zero attached hydrogens (tertiary/aromatic N) is 2. The molecule has 30 heavy (non-hydrogen) atoms. The highest BCUT2D eigenvalue weighted by atomic mass is 16.6. The van der Waals surface area contributed by atoms with Gasteiger partial charge in [0, 0.05) is 18.5 Å². The predicted molar refractivity (Wildman–Crippen MR) is 112 cm³/mol. The summed E-state index contributed by atoms with van der Waals surface area (Å²) in [4.78, 5) is 15.0. The number of carbonyl (C=O) groups is 1. The second-order valence-electron chi connectivity index (χ2n) is 8.33. The summed E-state index contributed by atoms with van der Waals surface area (Å²) in [6.07, 6.45) is 2.59. The minimum absolute atomic E-state index is 0.00308. The van der Waals surface area contributed by atoms with Crippen molar-refractivity contribution in [2.75, 3.05) is 26.2 Å². The van der Waals surface area contributed by atoms with Gasteiger partial charge in [-0.2, -0.15) is 5.26 Å². The molecule has 0 aliphatic carbocycles. The van der Waals surface area contributed by atoms with Crippen LogP contribution < -0.4 is 10.1 Å². The van der Waals surface area contributed by atoms with Gasteiger partial charge in [0.1, 0.15) is 11.9 Å². The molecule has 6 nitrogen and oxygen atoms in total. The number of nitrogens with one attached hydrogen (secondary N) is 1. The van der Waals surface area contributed by atoms with Gasteiger partial charge in [-0.1, -0.05) is 30.3 Å². The van der Waals surface area contributed by atoms with Crippen LogP contribution in [0.2, 0.25) is 0 Å². The summed E-state index contributed by atoms with van der Waals surface area (Å²) in [5.41, 5.74) is 3.39. The molecule has 2 aromatic rings. The lowest BCUT2D eigenvalue weighted by atomic mass is 9.86. The number of ether oxygens (including phenoxy) is 2. The van der Waals surface area contributed by atoms with Crippen LogP contribution in [-0.4, -0.2) is 43.3 Å². The topological polar surface area (TPSA) is 74.6 Å². The Balaban J connectivity index is 1.31. The molecular formula is C24H25N3O3. The first-order valence-electron chi connectivity index (χ1n) is 10.7. The van der Waals surface area contributed by atoms with Crippen molar-refractivity contribution in [3.8, 4) is 22.9 Å². The first kappa shape index (κ1) is 19.0. The number of amides is 1. The molecular weight excluding hydrogens is 378 g/mol. The van der Waals surface area contributed by atoms with E-state index in [1.165, 1.54) is 0 Å². The normalized spacial score (nSPS) is 26.8. The maximum atomic E-state index is 12.6. The zero-order valence-electron chi connectivity index (χ0n) is 16.8. The van der Waals surface area contributed by atoms with Crippen molar-refractivity contribution in [2.45, 2.75) is 31.4 Å². The number of fused-ring (bicyclic) bond motifs is 4. The Morgan fingerprint density at radius 1 is 1.17 bits per heavy atom. The van der Waals surface area contributed by atoms with Gasteiger partial charge in [0.25, 0.3) is 0 Å². The number of alkyl carbamates (subject to hydrolysis) is 1. The van der Waals surface area contributed by atoms with Crippen LogP contribution in [0.5, 0.6) is 5.75 Å². The molecule has 1 amide bonds. The Labute approximate surface area is 176 Å². The van der Waals surface area contributed by atoms with Gasteiger partial charge in [0.15, 0.2) is 0 Å². The van der Waals surface area contributed by atoms with Crippen LogP contribution in [0.25, 0.3) is 11.1 Å². The number of hydrogen-bond donors (Lipinski definition) is 1. The van der Waals surface area contributed by atoms with E-state index in [2.05, 4.69) is 16.3 Å². The lowest BCUT2D eigenvalue weighted by molar-refractivity contribution is -0.0342. The Bertz CT molecular complexity index is 991. The average molecular weight is 403 g/mol. The fraction of sp³-hybridized carbons (Fsp3) is 0.417. The summed E-state index contributed by atoms with van der Waals surface area (Å²) < 4.78 is 11.7. The van der Waals surface area contributed by atoms with Crippen molar-refractivity contribution in [3.63, 3.8) is 0 Å². The van der Waals surface area contributed by atoms with E-state index < -0.39 is 0 Å². The maximum absolute atomic E-state index is 12.6. The van der Waals surface area contributed by atoms with E-state index in [0.29, 0.717) is 24.5 Å². The molecule has 1 N–H and O–H groups in total. The molecule has 4 aliphatic rings. The summed E-state index contributed by atoms with van der Waals surface area (Å²) in [5, 5.41) is 12.4. The molecule has 1 unspecified atom stereocenters. The molecule has 3 saturated heterocycles. The first-order chi connectivity index (χ1) is 14.7. The van der Waals surface area contributed by atoms with Gasteiger partial charge in [-0.25, -0.2) is 4.79 Å². The molecule has 0 saturated carbocycles. The lowest BCUT2D eigenvalue weighted by Gasteiger charge is -2.44. The maximum Gasteiger partial charge on any atom is 0.407 e. The third-order valence-corrected chi connectivity index (χ3v) is 6.56. The van der Waals surface area contributed by atoms with Gasteiger partial charge >= 0.3 is 6.09 Å². The Morgan fingerprint density at radius 2 is 2.00 bits per heavy atom. The molecule has 6 heteroatoms. The van der Waals surface area contributed by atoms with E-state index in [1.54, 1.807) is 0 Å². The number of hydrogen-bond acceptors (Lipinski definition) is 5. The highest BCUT2D eigenvalue weighted by Gasteiger charge is 2.37. The Morgan fingerprint density at radius 3 is 2.77 bits per heavy atom. The average Bonchev–Trinajstić information content (AvgIpc) is 2.79. The number of benzene rings is 2. The third kappa shape index (κ3) is 3.61. The quantitative estimate of drug-likeness (QED) is 0.842. The fourth-order valence-corrected chi connectivity index (χ4v) is 4.90. The molecule has 6 rings (SSSR count). The first-order valence-corrected chi connectivity index (χ1v) is 10.7. The van der Waals surface area contributed by atoms with E-state index >= 15 is 0 Å². The summed E-state index contributed by atoms with van der Waals surface area (Å²) in [7, 11) is 0. The van der Waals surface area contributed by atoms with Crippen molar-refractivity contribution in [3.05, 3.63) is 53.6 Å². The standard InChI is InChI=1S/C24H25N3O3/c25-14-18-3-1-2-4-19(18)17-5-6-20-21(9-12-29-22(20)13-17)26-24(28)30-23-15-27-10-7-16(23)8-11-27/h1-6,13,16,21,23H,7-12,15H2,(H,26,28)/t21?,23-/m1/s1. The van der Waals surface area contributed by atoms with Gasteiger partial charge in [-0.05, 0) is 55.1 Å². The number of rotatable bonds is 3. The van der Waals surface area contributed by atoms with Gasteiger partial charge in [-0.3, -0.25) is 4.90 Å².